The zero-order valence-electron chi connectivity index (χ0n) is 17.1. The number of nitrogens with one attached hydrogen (secondary N) is 1. The molecule has 6 nitrogen and oxygen atoms in total. The topological polar surface area (TPSA) is 68.5 Å². The molecule has 3 heterocycles. The van der Waals surface area contributed by atoms with Crippen LogP contribution in [0.25, 0.3) is 16.7 Å². The highest BCUT2D eigenvalue weighted by Crippen LogP contribution is 2.26. The molecule has 0 spiro atoms. The van der Waals surface area contributed by atoms with Crippen LogP contribution in [0, 0.1) is 41.5 Å². The minimum atomic E-state index is 0.558. The van der Waals surface area contributed by atoms with E-state index < -0.39 is 0 Å². The van der Waals surface area contributed by atoms with Gasteiger partial charge in [0.1, 0.15) is 5.82 Å². The molecule has 0 amide bonds. The fourth-order valence-corrected chi connectivity index (χ4v) is 3.60. The van der Waals surface area contributed by atoms with Gasteiger partial charge in [0.15, 0.2) is 5.82 Å². The van der Waals surface area contributed by atoms with E-state index in [1.54, 1.807) is 0 Å². The predicted molar refractivity (Wildman–Crippen MR) is 113 cm³/mol. The van der Waals surface area contributed by atoms with Crippen molar-refractivity contribution < 1.29 is 0 Å². The highest BCUT2D eigenvalue weighted by Gasteiger charge is 2.14. The van der Waals surface area contributed by atoms with E-state index in [0.29, 0.717) is 5.95 Å². The Hall–Kier alpha value is -3.28. The van der Waals surface area contributed by atoms with Gasteiger partial charge in [-0.25, -0.2) is 15.0 Å². The smallest absolute Gasteiger partial charge is 0.228 e. The number of anilines is 2. The predicted octanol–water partition coefficient (Wildman–Crippen LogP) is 4.80. The van der Waals surface area contributed by atoms with Crippen LogP contribution in [0.4, 0.5) is 11.8 Å². The van der Waals surface area contributed by atoms with Gasteiger partial charge in [-0.3, -0.25) is 0 Å². The van der Waals surface area contributed by atoms with Gasteiger partial charge < -0.3 is 5.32 Å². The lowest BCUT2D eigenvalue weighted by Crippen LogP contribution is -2.08. The Kier molecular flexibility index (Phi) is 4.34. The first-order valence-corrected chi connectivity index (χ1v) is 9.35. The lowest BCUT2D eigenvalue weighted by molar-refractivity contribution is 0.840. The highest BCUT2D eigenvalue weighted by molar-refractivity contribution is 5.86. The number of fused-ring (bicyclic) bond motifs is 1. The summed E-state index contributed by atoms with van der Waals surface area (Å²) in [5, 5.41) is 9.13. The molecule has 0 aliphatic rings. The van der Waals surface area contributed by atoms with Gasteiger partial charge in [0.05, 0.1) is 11.2 Å². The van der Waals surface area contributed by atoms with Crippen molar-refractivity contribution in [1.82, 2.24) is 24.7 Å². The minimum Gasteiger partial charge on any atom is -0.309 e. The number of hydrogen-bond acceptors (Lipinski definition) is 5. The van der Waals surface area contributed by atoms with Crippen LogP contribution in [-0.4, -0.2) is 24.7 Å². The van der Waals surface area contributed by atoms with Crippen molar-refractivity contribution in [3.63, 3.8) is 0 Å². The molecule has 0 unspecified atom stereocenters. The fraction of sp³-hybridized carbons (Fsp3) is 0.273. The molecule has 0 aliphatic carbocycles. The maximum Gasteiger partial charge on any atom is 0.228 e. The third-order valence-corrected chi connectivity index (χ3v) is 4.71. The van der Waals surface area contributed by atoms with Gasteiger partial charge >= 0.3 is 0 Å². The number of benzene rings is 1. The van der Waals surface area contributed by atoms with Gasteiger partial charge in [0.2, 0.25) is 5.95 Å². The summed E-state index contributed by atoms with van der Waals surface area (Å²) in [6.07, 6.45) is 0. The Bertz CT molecular complexity index is 1190. The van der Waals surface area contributed by atoms with Gasteiger partial charge in [0.25, 0.3) is 0 Å². The number of nitrogens with zero attached hydrogens (tertiary/aromatic N) is 5. The summed E-state index contributed by atoms with van der Waals surface area (Å²) in [5.74, 6) is 2.12. The molecule has 142 valence electrons. The molecule has 0 bridgehead atoms. The lowest BCUT2D eigenvalue weighted by atomic mass is 10.0. The summed E-state index contributed by atoms with van der Waals surface area (Å²) in [4.78, 5) is 13.9. The van der Waals surface area contributed by atoms with E-state index in [1.165, 1.54) is 16.5 Å². The number of pyridine rings is 1. The molecule has 0 radical (unpaired) electrons. The van der Waals surface area contributed by atoms with Crippen LogP contribution in [0.5, 0.6) is 0 Å². The maximum absolute atomic E-state index is 4.92. The molecule has 4 rings (SSSR count). The Morgan fingerprint density at radius 1 is 0.714 bits per heavy atom. The molecule has 0 saturated carbocycles. The third kappa shape index (κ3) is 3.33. The molecule has 1 aromatic carbocycles. The van der Waals surface area contributed by atoms with E-state index in [1.807, 2.05) is 37.6 Å². The van der Waals surface area contributed by atoms with Crippen LogP contribution in [0.3, 0.4) is 0 Å². The maximum atomic E-state index is 4.92. The lowest BCUT2D eigenvalue weighted by Gasteiger charge is -2.12. The minimum absolute atomic E-state index is 0.558. The normalized spacial score (nSPS) is 11.2. The molecule has 4 aromatic rings. The van der Waals surface area contributed by atoms with Crippen molar-refractivity contribution >= 4 is 22.7 Å². The number of aryl methyl sites for hydroxylation is 6. The van der Waals surface area contributed by atoms with Gasteiger partial charge in [-0.15, -0.1) is 0 Å². The Morgan fingerprint density at radius 3 is 2.14 bits per heavy atom. The first kappa shape index (κ1) is 18.1. The average Bonchev–Trinajstić information content (AvgIpc) is 2.95. The largest absolute Gasteiger partial charge is 0.309 e. The SMILES string of the molecule is Cc1cc(C)c2nc(-n3nc(C)cc3Nc3nc(C)cc(C)n3)cc(C)c2c1. The van der Waals surface area contributed by atoms with Gasteiger partial charge in [-0.05, 0) is 70.9 Å². The van der Waals surface area contributed by atoms with Gasteiger partial charge in [-0.2, -0.15) is 9.78 Å². The number of hydrogen-bond donors (Lipinski definition) is 1. The van der Waals surface area contributed by atoms with Crippen LogP contribution < -0.4 is 5.32 Å². The molecule has 3 aromatic heterocycles. The fourth-order valence-electron chi connectivity index (χ4n) is 3.60. The summed E-state index contributed by atoms with van der Waals surface area (Å²) < 4.78 is 1.82. The molecule has 28 heavy (non-hydrogen) atoms. The molecule has 0 saturated heterocycles. The standard InChI is InChI=1S/C22H24N6/c1-12-7-14(3)21-18(8-12)13(2)9-19(25-21)28-20(11-17(6)27-28)26-22-23-15(4)10-16(5)24-22/h7-11H,1-6H3,(H,23,24,26). The molecular formula is C22H24N6. The van der Waals surface area contributed by atoms with Crippen molar-refractivity contribution in [3.8, 4) is 5.82 Å². The van der Waals surface area contributed by atoms with Gasteiger partial charge in [0, 0.05) is 22.8 Å². The third-order valence-electron chi connectivity index (χ3n) is 4.71. The van der Waals surface area contributed by atoms with Crippen molar-refractivity contribution in [2.45, 2.75) is 41.5 Å². The van der Waals surface area contributed by atoms with Crippen molar-refractivity contribution in [2.75, 3.05) is 5.32 Å². The van der Waals surface area contributed by atoms with Crippen molar-refractivity contribution in [2.24, 2.45) is 0 Å². The van der Waals surface area contributed by atoms with Gasteiger partial charge in [-0.1, -0.05) is 11.6 Å². The summed E-state index contributed by atoms with van der Waals surface area (Å²) >= 11 is 0. The Morgan fingerprint density at radius 2 is 1.43 bits per heavy atom. The molecule has 0 atom stereocenters. The molecule has 0 fully saturated rings. The Labute approximate surface area is 164 Å². The second kappa shape index (κ2) is 6.71. The zero-order valence-corrected chi connectivity index (χ0v) is 17.1. The first-order chi connectivity index (χ1) is 13.3. The summed E-state index contributed by atoms with van der Waals surface area (Å²) in [6.45, 7) is 12.2. The average molecular weight is 372 g/mol. The highest BCUT2D eigenvalue weighted by atomic mass is 15.4. The van der Waals surface area contributed by atoms with E-state index in [2.05, 4.69) is 59.4 Å². The first-order valence-electron chi connectivity index (χ1n) is 9.35. The molecule has 6 heteroatoms. The number of rotatable bonds is 3. The quantitative estimate of drug-likeness (QED) is 0.559. The number of aromatic nitrogens is 5. The molecule has 1 N–H and O–H groups in total. The summed E-state index contributed by atoms with van der Waals surface area (Å²) in [6, 6.07) is 10.3. The van der Waals surface area contributed by atoms with E-state index in [9.17, 15) is 0 Å². The van der Waals surface area contributed by atoms with Crippen LogP contribution in [0.15, 0.2) is 30.3 Å². The van der Waals surface area contributed by atoms with Crippen molar-refractivity contribution in [1.29, 1.82) is 0 Å². The monoisotopic (exact) mass is 372 g/mol. The van der Waals surface area contributed by atoms with E-state index >= 15 is 0 Å². The van der Waals surface area contributed by atoms with E-state index in [0.717, 1.165) is 39.8 Å². The van der Waals surface area contributed by atoms with Crippen LogP contribution in [0.2, 0.25) is 0 Å². The molecule has 0 aliphatic heterocycles. The summed E-state index contributed by atoms with van der Waals surface area (Å²) in [5.41, 5.74) is 7.32. The van der Waals surface area contributed by atoms with Crippen LogP contribution >= 0.6 is 0 Å². The zero-order chi connectivity index (χ0) is 20.0. The van der Waals surface area contributed by atoms with Crippen LogP contribution in [0.1, 0.15) is 33.8 Å². The second-order valence-corrected chi connectivity index (χ2v) is 7.46. The van der Waals surface area contributed by atoms with E-state index in [4.69, 9.17) is 4.98 Å². The Balaban J connectivity index is 1.84. The van der Waals surface area contributed by atoms with E-state index in [-0.39, 0.29) is 0 Å². The summed E-state index contributed by atoms with van der Waals surface area (Å²) in [7, 11) is 0. The van der Waals surface area contributed by atoms with Crippen molar-refractivity contribution in [3.05, 3.63) is 64.1 Å². The second-order valence-electron chi connectivity index (χ2n) is 7.46. The van der Waals surface area contributed by atoms with Crippen LogP contribution in [-0.2, 0) is 0 Å². The molecular weight excluding hydrogens is 348 g/mol.